The van der Waals surface area contributed by atoms with E-state index in [0.717, 1.165) is 17.8 Å². The molecule has 3 unspecified atom stereocenters. The molecular formula is C16H30N2O2S. The SMILES string of the molecule is CCc1cnc(C(C)NCC(O)COC(C)CC(C)C)s1. The third-order valence-corrected chi connectivity index (χ3v) is 4.65. The number of nitrogens with zero attached hydrogens (tertiary/aromatic N) is 1. The lowest BCUT2D eigenvalue weighted by atomic mass is 10.1. The van der Waals surface area contributed by atoms with Crippen molar-refractivity contribution < 1.29 is 9.84 Å². The second kappa shape index (κ2) is 9.51. The van der Waals surface area contributed by atoms with Crippen LogP contribution < -0.4 is 5.32 Å². The number of nitrogens with one attached hydrogen (secondary N) is 1. The van der Waals surface area contributed by atoms with Crippen molar-refractivity contribution in [2.24, 2.45) is 5.92 Å². The third-order valence-electron chi connectivity index (χ3n) is 3.33. The van der Waals surface area contributed by atoms with E-state index in [1.807, 2.05) is 6.20 Å². The Morgan fingerprint density at radius 1 is 1.33 bits per heavy atom. The molecule has 1 heterocycles. The molecule has 2 N–H and O–H groups in total. The summed E-state index contributed by atoms with van der Waals surface area (Å²) in [5.41, 5.74) is 0. The Balaban J connectivity index is 2.24. The van der Waals surface area contributed by atoms with Gasteiger partial charge < -0.3 is 15.2 Å². The Morgan fingerprint density at radius 3 is 2.62 bits per heavy atom. The maximum atomic E-state index is 9.97. The highest BCUT2D eigenvalue weighted by atomic mass is 32.1. The van der Waals surface area contributed by atoms with Crippen LogP contribution in [0, 0.1) is 5.92 Å². The number of aromatic nitrogens is 1. The molecule has 4 nitrogen and oxygen atoms in total. The van der Waals surface area contributed by atoms with E-state index >= 15 is 0 Å². The first-order chi connectivity index (χ1) is 9.92. The number of rotatable bonds is 10. The fourth-order valence-corrected chi connectivity index (χ4v) is 3.04. The lowest BCUT2D eigenvalue weighted by molar-refractivity contribution is -0.00914. The summed E-state index contributed by atoms with van der Waals surface area (Å²) in [5.74, 6) is 0.618. The minimum atomic E-state index is -0.479. The van der Waals surface area contributed by atoms with Gasteiger partial charge in [0.25, 0.3) is 0 Å². The molecule has 0 fully saturated rings. The monoisotopic (exact) mass is 314 g/mol. The second-order valence-electron chi connectivity index (χ2n) is 6.08. The van der Waals surface area contributed by atoms with Crippen molar-refractivity contribution in [1.82, 2.24) is 10.3 Å². The van der Waals surface area contributed by atoms with Gasteiger partial charge in [-0.25, -0.2) is 4.98 Å². The third kappa shape index (κ3) is 7.36. The summed E-state index contributed by atoms with van der Waals surface area (Å²) in [4.78, 5) is 5.71. The summed E-state index contributed by atoms with van der Waals surface area (Å²) in [5, 5.41) is 14.4. The summed E-state index contributed by atoms with van der Waals surface area (Å²) in [7, 11) is 0. The van der Waals surface area contributed by atoms with Gasteiger partial charge in [0.15, 0.2) is 0 Å². The van der Waals surface area contributed by atoms with Gasteiger partial charge in [-0.3, -0.25) is 0 Å². The van der Waals surface area contributed by atoms with E-state index in [1.54, 1.807) is 11.3 Å². The van der Waals surface area contributed by atoms with Gasteiger partial charge in [0, 0.05) is 17.6 Å². The molecule has 0 radical (unpaired) electrons. The van der Waals surface area contributed by atoms with Crippen molar-refractivity contribution in [1.29, 1.82) is 0 Å². The molecule has 1 aromatic rings. The quantitative estimate of drug-likeness (QED) is 0.696. The van der Waals surface area contributed by atoms with E-state index in [1.165, 1.54) is 4.88 Å². The van der Waals surface area contributed by atoms with Gasteiger partial charge in [-0.15, -0.1) is 11.3 Å². The molecule has 3 atom stereocenters. The lowest BCUT2D eigenvalue weighted by Gasteiger charge is -2.19. The molecule has 5 heteroatoms. The first-order valence-corrected chi connectivity index (χ1v) is 8.71. The van der Waals surface area contributed by atoms with Crippen LogP contribution in [0.15, 0.2) is 6.20 Å². The largest absolute Gasteiger partial charge is 0.389 e. The zero-order chi connectivity index (χ0) is 15.8. The van der Waals surface area contributed by atoms with Gasteiger partial charge >= 0.3 is 0 Å². The normalized spacial score (nSPS) is 16.1. The Bertz CT molecular complexity index is 395. The summed E-state index contributed by atoms with van der Waals surface area (Å²) in [6, 6.07) is 0.165. The highest BCUT2D eigenvalue weighted by molar-refractivity contribution is 7.11. The van der Waals surface area contributed by atoms with Crippen molar-refractivity contribution in [2.45, 2.75) is 65.7 Å². The molecule has 122 valence electrons. The van der Waals surface area contributed by atoms with Crippen molar-refractivity contribution in [3.63, 3.8) is 0 Å². The fourth-order valence-electron chi connectivity index (χ4n) is 2.15. The summed E-state index contributed by atoms with van der Waals surface area (Å²) < 4.78 is 5.67. The average Bonchev–Trinajstić information content (AvgIpc) is 2.90. The maximum Gasteiger partial charge on any atom is 0.109 e. The molecule has 1 rings (SSSR count). The highest BCUT2D eigenvalue weighted by Gasteiger charge is 2.13. The summed E-state index contributed by atoms with van der Waals surface area (Å²) >= 11 is 1.73. The Hall–Kier alpha value is -0.490. The van der Waals surface area contributed by atoms with Crippen LogP contribution in [0.3, 0.4) is 0 Å². The zero-order valence-electron chi connectivity index (χ0n) is 13.9. The van der Waals surface area contributed by atoms with Crippen LogP contribution in [0.5, 0.6) is 0 Å². The van der Waals surface area contributed by atoms with E-state index < -0.39 is 6.10 Å². The Kier molecular flexibility index (Phi) is 8.41. The van der Waals surface area contributed by atoms with Gasteiger partial charge in [-0.2, -0.15) is 0 Å². The minimum absolute atomic E-state index is 0.165. The predicted molar refractivity (Wildman–Crippen MR) is 88.8 cm³/mol. The molecule has 0 aliphatic rings. The van der Waals surface area contributed by atoms with Crippen LogP contribution in [0.1, 0.15) is 57.0 Å². The van der Waals surface area contributed by atoms with Crippen LogP contribution in [-0.4, -0.2) is 35.5 Å². The smallest absolute Gasteiger partial charge is 0.109 e. The number of aliphatic hydroxyl groups excluding tert-OH is 1. The Labute approximate surface area is 132 Å². The highest BCUT2D eigenvalue weighted by Crippen LogP contribution is 2.20. The van der Waals surface area contributed by atoms with Crippen LogP contribution >= 0.6 is 11.3 Å². The summed E-state index contributed by atoms with van der Waals surface area (Å²) in [6.07, 6.45) is 3.70. The molecule has 1 aromatic heterocycles. The number of hydrogen-bond donors (Lipinski definition) is 2. The lowest BCUT2D eigenvalue weighted by Crippen LogP contribution is -2.33. The number of thiazole rings is 1. The molecule has 21 heavy (non-hydrogen) atoms. The molecule has 0 aliphatic heterocycles. The van der Waals surface area contributed by atoms with E-state index in [-0.39, 0.29) is 12.1 Å². The van der Waals surface area contributed by atoms with Crippen molar-refractivity contribution >= 4 is 11.3 Å². The van der Waals surface area contributed by atoms with Gasteiger partial charge in [-0.1, -0.05) is 20.8 Å². The predicted octanol–water partition coefficient (Wildman–Crippen LogP) is 3.17. The van der Waals surface area contributed by atoms with Gasteiger partial charge in [-0.05, 0) is 32.6 Å². The molecule has 0 aliphatic carbocycles. The fraction of sp³-hybridized carbons (Fsp3) is 0.812. The first-order valence-electron chi connectivity index (χ1n) is 7.90. The van der Waals surface area contributed by atoms with Crippen molar-refractivity contribution in [3.8, 4) is 0 Å². The standard InChI is InChI=1S/C16H30N2O2S/c1-6-15-9-18-16(21-15)13(5)17-8-14(19)10-20-12(4)7-11(2)3/h9,11-14,17,19H,6-8,10H2,1-5H3. The molecule has 0 spiro atoms. The Morgan fingerprint density at radius 2 is 2.05 bits per heavy atom. The topological polar surface area (TPSA) is 54.4 Å². The van der Waals surface area contributed by atoms with E-state index in [9.17, 15) is 5.11 Å². The molecule has 0 amide bonds. The molecule has 0 saturated heterocycles. The van der Waals surface area contributed by atoms with E-state index in [2.05, 4.69) is 44.9 Å². The molecule has 0 bridgehead atoms. The number of aliphatic hydroxyl groups is 1. The van der Waals surface area contributed by atoms with Crippen LogP contribution in [0.2, 0.25) is 0 Å². The minimum Gasteiger partial charge on any atom is -0.389 e. The van der Waals surface area contributed by atoms with E-state index in [4.69, 9.17) is 4.74 Å². The first kappa shape index (κ1) is 18.6. The summed E-state index contributed by atoms with van der Waals surface area (Å²) in [6.45, 7) is 11.5. The zero-order valence-corrected chi connectivity index (χ0v) is 14.7. The number of ether oxygens (including phenoxy) is 1. The molecular weight excluding hydrogens is 284 g/mol. The van der Waals surface area contributed by atoms with Crippen molar-refractivity contribution in [2.75, 3.05) is 13.2 Å². The van der Waals surface area contributed by atoms with E-state index in [0.29, 0.717) is 19.1 Å². The van der Waals surface area contributed by atoms with Crippen LogP contribution in [-0.2, 0) is 11.2 Å². The maximum absolute atomic E-state index is 9.97. The van der Waals surface area contributed by atoms with Gasteiger partial charge in [0.05, 0.1) is 24.9 Å². The van der Waals surface area contributed by atoms with Gasteiger partial charge in [0.1, 0.15) is 5.01 Å². The van der Waals surface area contributed by atoms with Crippen LogP contribution in [0.4, 0.5) is 0 Å². The number of hydrogen-bond acceptors (Lipinski definition) is 5. The average molecular weight is 314 g/mol. The van der Waals surface area contributed by atoms with Crippen LogP contribution in [0.25, 0.3) is 0 Å². The second-order valence-corrected chi connectivity index (χ2v) is 7.22. The number of aryl methyl sites for hydroxylation is 1. The van der Waals surface area contributed by atoms with Gasteiger partial charge in [0.2, 0.25) is 0 Å². The molecule has 0 saturated carbocycles. The van der Waals surface area contributed by atoms with Crippen molar-refractivity contribution in [3.05, 3.63) is 16.1 Å². The molecule has 0 aromatic carbocycles.